The Morgan fingerprint density at radius 3 is 2.47 bits per heavy atom. The normalized spacial score (nSPS) is 17.6. The van der Waals surface area contributed by atoms with E-state index in [-0.39, 0.29) is 17.1 Å². The van der Waals surface area contributed by atoms with E-state index in [1.165, 1.54) is 17.0 Å². The summed E-state index contributed by atoms with van der Waals surface area (Å²) in [7, 11) is 0. The molecule has 0 atom stereocenters. The number of nitrogens with zero attached hydrogens (tertiary/aromatic N) is 3. The molecule has 5 nitrogen and oxygen atoms in total. The predicted molar refractivity (Wildman–Crippen MR) is 124 cm³/mol. The van der Waals surface area contributed by atoms with E-state index in [0.29, 0.717) is 29.0 Å². The zero-order valence-corrected chi connectivity index (χ0v) is 18.2. The largest absolute Gasteiger partial charge is 0.508 e. The number of phenols is 1. The van der Waals surface area contributed by atoms with E-state index in [1.807, 2.05) is 0 Å². The van der Waals surface area contributed by atoms with Gasteiger partial charge in [-0.3, -0.25) is 14.6 Å². The molecular weight excluding hydrogens is 443 g/mol. The molecule has 2 aliphatic heterocycles. The molecule has 34 heavy (non-hydrogen) atoms. The number of carbonyl (C=O) groups excluding carboxylic acids is 1. The molecule has 3 aromatic rings. The van der Waals surface area contributed by atoms with E-state index in [4.69, 9.17) is 0 Å². The maximum atomic E-state index is 13.5. The van der Waals surface area contributed by atoms with Gasteiger partial charge in [-0.05, 0) is 68.4 Å². The van der Waals surface area contributed by atoms with Crippen molar-refractivity contribution in [3.8, 4) is 5.75 Å². The molecule has 1 amide bonds. The molecule has 1 fully saturated rings. The Bertz CT molecular complexity index is 1280. The number of fused-ring (bicyclic) bond motifs is 1. The van der Waals surface area contributed by atoms with Gasteiger partial charge in [-0.15, -0.1) is 0 Å². The van der Waals surface area contributed by atoms with Gasteiger partial charge in [-0.1, -0.05) is 24.3 Å². The second-order valence-electron chi connectivity index (χ2n) is 8.46. The first-order valence-electron chi connectivity index (χ1n) is 11.1. The van der Waals surface area contributed by atoms with Crippen molar-refractivity contribution in [1.82, 2.24) is 4.90 Å². The minimum absolute atomic E-state index is 0.0512. The molecule has 3 aromatic carbocycles. The molecular formula is C26H22F3N3O2. The third kappa shape index (κ3) is 4.17. The summed E-state index contributed by atoms with van der Waals surface area (Å²) < 4.78 is 39.4. The summed E-state index contributed by atoms with van der Waals surface area (Å²) in [6.45, 7) is 2.50. The number of likely N-dealkylation sites (tertiary alicyclic amines) is 1. The molecule has 0 aromatic heterocycles. The van der Waals surface area contributed by atoms with Crippen molar-refractivity contribution in [1.29, 1.82) is 0 Å². The fourth-order valence-electron chi connectivity index (χ4n) is 4.46. The monoisotopic (exact) mass is 465 g/mol. The zero-order chi connectivity index (χ0) is 23.9. The number of carbonyl (C=O) groups is 1. The van der Waals surface area contributed by atoms with Crippen LogP contribution in [0.4, 0.5) is 30.2 Å². The molecule has 0 spiro atoms. The van der Waals surface area contributed by atoms with Gasteiger partial charge < -0.3 is 5.11 Å². The lowest BCUT2D eigenvalue weighted by molar-refractivity contribution is -0.137. The third-order valence-electron chi connectivity index (χ3n) is 6.13. The van der Waals surface area contributed by atoms with Gasteiger partial charge in [0.2, 0.25) is 0 Å². The number of hydrogen-bond donors (Lipinski definition) is 1. The van der Waals surface area contributed by atoms with Gasteiger partial charge in [-0.25, -0.2) is 4.99 Å². The summed E-state index contributed by atoms with van der Waals surface area (Å²) in [5, 5.41) is 10.4. The fourth-order valence-corrected chi connectivity index (χ4v) is 4.46. The SMILES string of the molecule is O=C1C(=Nc2cccc(C(F)(F)F)c2)c2ccccc2N1c1ccc(O)c(CN2CCCC2)c1. The molecule has 5 rings (SSSR count). The smallest absolute Gasteiger partial charge is 0.416 e. The highest BCUT2D eigenvalue weighted by Gasteiger charge is 2.36. The Morgan fingerprint density at radius 1 is 0.941 bits per heavy atom. The fraction of sp³-hybridized carbons (Fsp3) is 0.231. The van der Waals surface area contributed by atoms with Crippen LogP contribution in [0.25, 0.3) is 0 Å². The van der Waals surface area contributed by atoms with Gasteiger partial charge in [0.25, 0.3) is 5.91 Å². The van der Waals surface area contributed by atoms with Crippen LogP contribution >= 0.6 is 0 Å². The molecule has 0 radical (unpaired) electrons. The minimum Gasteiger partial charge on any atom is -0.508 e. The van der Waals surface area contributed by atoms with Crippen molar-refractivity contribution >= 4 is 28.7 Å². The van der Waals surface area contributed by atoms with Crippen molar-refractivity contribution in [3.63, 3.8) is 0 Å². The summed E-state index contributed by atoms with van der Waals surface area (Å²) in [6, 6.07) is 16.7. The van der Waals surface area contributed by atoms with Crippen LogP contribution in [0.1, 0.15) is 29.5 Å². The van der Waals surface area contributed by atoms with Crippen LogP contribution in [0.2, 0.25) is 0 Å². The molecule has 2 heterocycles. The van der Waals surface area contributed by atoms with Crippen LogP contribution in [0.3, 0.4) is 0 Å². The lowest BCUT2D eigenvalue weighted by atomic mass is 10.1. The first kappa shape index (κ1) is 22.2. The predicted octanol–water partition coefficient (Wildman–Crippen LogP) is 5.81. The number of alkyl halides is 3. The molecule has 1 saturated heterocycles. The van der Waals surface area contributed by atoms with E-state index in [0.717, 1.165) is 38.1 Å². The van der Waals surface area contributed by atoms with E-state index in [2.05, 4.69) is 9.89 Å². The Morgan fingerprint density at radius 2 is 1.71 bits per heavy atom. The van der Waals surface area contributed by atoms with Gasteiger partial charge >= 0.3 is 6.18 Å². The molecule has 0 bridgehead atoms. The lowest BCUT2D eigenvalue weighted by Crippen LogP contribution is -2.25. The average molecular weight is 465 g/mol. The van der Waals surface area contributed by atoms with Crippen molar-refractivity contribution in [2.24, 2.45) is 4.99 Å². The van der Waals surface area contributed by atoms with Crippen LogP contribution in [-0.2, 0) is 17.5 Å². The van der Waals surface area contributed by atoms with Crippen LogP contribution in [0.5, 0.6) is 5.75 Å². The summed E-state index contributed by atoms with van der Waals surface area (Å²) in [5.41, 5.74) is 1.72. The number of anilines is 2. The summed E-state index contributed by atoms with van der Waals surface area (Å²) >= 11 is 0. The van der Waals surface area contributed by atoms with Crippen LogP contribution in [0, 0.1) is 0 Å². The molecule has 0 saturated carbocycles. The Balaban J connectivity index is 1.54. The zero-order valence-electron chi connectivity index (χ0n) is 18.2. The number of phenolic OH excluding ortho intramolecular Hbond substituents is 1. The summed E-state index contributed by atoms with van der Waals surface area (Å²) in [6.07, 6.45) is -2.26. The second-order valence-corrected chi connectivity index (χ2v) is 8.46. The van der Waals surface area contributed by atoms with Crippen molar-refractivity contribution in [2.45, 2.75) is 25.6 Å². The van der Waals surface area contributed by atoms with Crippen LogP contribution in [0.15, 0.2) is 71.7 Å². The molecule has 0 unspecified atom stereocenters. The maximum Gasteiger partial charge on any atom is 0.416 e. The first-order chi connectivity index (χ1) is 16.3. The van der Waals surface area contributed by atoms with E-state index in [9.17, 15) is 23.1 Å². The van der Waals surface area contributed by atoms with Gasteiger partial charge in [0.15, 0.2) is 0 Å². The number of halogens is 3. The van der Waals surface area contributed by atoms with Crippen molar-refractivity contribution in [3.05, 3.63) is 83.4 Å². The van der Waals surface area contributed by atoms with Gasteiger partial charge in [0.1, 0.15) is 11.5 Å². The minimum atomic E-state index is -4.50. The molecule has 174 valence electrons. The highest BCUT2D eigenvalue weighted by atomic mass is 19.4. The standard InChI is InChI=1S/C26H22F3N3O2/c27-26(28,29)18-6-5-7-19(15-18)30-24-21-8-1-2-9-22(21)32(25(24)34)20-10-11-23(33)17(14-20)16-31-12-3-4-13-31/h1-2,5-11,14-15,33H,3-4,12-13,16H2. The number of aromatic hydroxyl groups is 1. The van der Waals surface area contributed by atoms with E-state index >= 15 is 0 Å². The first-order valence-corrected chi connectivity index (χ1v) is 11.1. The highest BCUT2D eigenvalue weighted by molar-refractivity contribution is 6.56. The molecule has 0 aliphatic carbocycles. The molecule has 1 N–H and O–H groups in total. The number of aliphatic imine (C=N–C) groups is 1. The topological polar surface area (TPSA) is 56.1 Å². The second kappa shape index (κ2) is 8.61. The highest BCUT2D eigenvalue weighted by Crippen LogP contribution is 2.39. The Kier molecular flexibility index (Phi) is 5.61. The number of rotatable bonds is 4. The molecule has 2 aliphatic rings. The Labute approximate surface area is 194 Å². The van der Waals surface area contributed by atoms with Crippen molar-refractivity contribution < 1.29 is 23.1 Å². The number of amides is 1. The van der Waals surface area contributed by atoms with Gasteiger partial charge in [0.05, 0.1) is 16.9 Å². The molecule has 8 heteroatoms. The third-order valence-corrected chi connectivity index (χ3v) is 6.13. The van der Waals surface area contributed by atoms with E-state index < -0.39 is 17.6 Å². The summed E-state index contributed by atoms with van der Waals surface area (Å²) in [5.74, 6) is -0.273. The Hall–Kier alpha value is -3.65. The van der Waals surface area contributed by atoms with Crippen molar-refractivity contribution in [2.75, 3.05) is 18.0 Å². The van der Waals surface area contributed by atoms with Gasteiger partial charge in [0, 0.05) is 23.4 Å². The average Bonchev–Trinajstić information content (AvgIpc) is 3.42. The number of para-hydroxylation sites is 1. The number of hydrogen-bond acceptors (Lipinski definition) is 4. The lowest BCUT2D eigenvalue weighted by Gasteiger charge is -2.20. The van der Waals surface area contributed by atoms with E-state index in [1.54, 1.807) is 42.5 Å². The summed E-state index contributed by atoms with van der Waals surface area (Å²) in [4.78, 5) is 21.6. The van der Waals surface area contributed by atoms with Crippen LogP contribution < -0.4 is 4.90 Å². The van der Waals surface area contributed by atoms with Gasteiger partial charge in [-0.2, -0.15) is 13.2 Å². The quantitative estimate of drug-likeness (QED) is 0.529. The number of benzene rings is 3. The maximum absolute atomic E-state index is 13.5. The van der Waals surface area contributed by atoms with Crippen LogP contribution in [-0.4, -0.2) is 34.7 Å².